The van der Waals surface area contributed by atoms with Crippen molar-refractivity contribution in [1.29, 1.82) is 0 Å². The van der Waals surface area contributed by atoms with Gasteiger partial charge in [0.1, 0.15) is 0 Å². The van der Waals surface area contributed by atoms with Gasteiger partial charge >= 0.3 is 0 Å². The van der Waals surface area contributed by atoms with Crippen LogP contribution in [-0.4, -0.2) is 9.78 Å². The molecule has 2 nitrogen and oxygen atoms in total. The van der Waals surface area contributed by atoms with E-state index >= 15 is 0 Å². The zero-order valence-corrected chi connectivity index (χ0v) is 11.1. The van der Waals surface area contributed by atoms with Crippen molar-refractivity contribution in [3.63, 3.8) is 0 Å². The summed E-state index contributed by atoms with van der Waals surface area (Å²) >= 11 is 3.51. The average molecular weight is 279 g/mol. The molecule has 1 aromatic heterocycles. The lowest BCUT2D eigenvalue weighted by Crippen LogP contribution is -1.98. The van der Waals surface area contributed by atoms with E-state index in [0.29, 0.717) is 5.92 Å². The molecule has 16 heavy (non-hydrogen) atoms. The molecule has 0 aliphatic carbocycles. The Morgan fingerprint density at radius 3 is 2.69 bits per heavy atom. The van der Waals surface area contributed by atoms with Crippen LogP contribution in [0.4, 0.5) is 0 Å². The Labute approximate surface area is 104 Å². The van der Waals surface area contributed by atoms with E-state index < -0.39 is 0 Å². The maximum absolute atomic E-state index is 4.26. The molecule has 0 atom stereocenters. The van der Waals surface area contributed by atoms with Gasteiger partial charge in [0, 0.05) is 17.7 Å². The Morgan fingerprint density at radius 1 is 1.31 bits per heavy atom. The van der Waals surface area contributed by atoms with Crippen LogP contribution in [0.5, 0.6) is 0 Å². The normalized spacial score (nSPS) is 11.0. The van der Waals surface area contributed by atoms with Crippen LogP contribution < -0.4 is 0 Å². The molecule has 0 aliphatic rings. The van der Waals surface area contributed by atoms with Gasteiger partial charge in [-0.05, 0) is 35.2 Å². The molecular weight excluding hydrogens is 264 g/mol. The van der Waals surface area contributed by atoms with E-state index in [2.05, 4.69) is 53.1 Å². The van der Waals surface area contributed by atoms with E-state index in [-0.39, 0.29) is 0 Å². The number of benzene rings is 1. The van der Waals surface area contributed by atoms with Crippen molar-refractivity contribution < 1.29 is 0 Å². The van der Waals surface area contributed by atoms with E-state index in [1.54, 1.807) is 6.20 Å². The van der Waals surface area contributed by atoms with Gasteiger partial charge in [0.15, 0.2) is 0 Å². The summed E-state index contributed by atoms with van der Waals surface area (Å²) in [5, 5.41) is 5.14. The number of alkyl halides is 1. The standard InChI is InChI=1S/C13H15BrN2/c1-10(2)12-6-11(9-14)7-13(8-12)16-5-3-4-15-16/h3-8,10H,9H2,1-2H3. The monoisotopic (exact) mass is 278 g/mol. The summed E-state index contributed by atoms with van der Waals surface area (Å²) in [4.78, 5) is 0. The molecule has 1 aromatic carbocycles. The Balaban J connectivity index is 2.49. The lowest BCUT2D eigenvalue weighted by atomic mass is 10.0. The summed E-state index contributed by atoms with van der Waals surface area (Å²) in [7, 11) is 0. The molecule has 0 spiro atoms. The van der Waals surface area contributed by atoms with Crippen molar-refractivity contribution in [3.05, 3.63) is 47.8 Å². The predicted molar refractivity (Wildman–Crippen MR) is 70.3 cm³/mol. The first-order chi connectivity index (χ1) is 7.70. The molecule has 2 rings (SSSR count). The average Bonchev–Trinajstić information content (AvgIpc) is 2.81. The van der Waals surface area contributed by atoms with E-state index in [0.717, 1.165) is 11.0 Å². The van der Waals surface area contributed by atoms with Crippen molar-refractivity contribution >= 4 is 15.9 Å². The maximum atomic E-state index is 4.26. The Morgan fingerprint density at radius 2 is 2.12 bits per heavy atom. The maximum Gasteiger partial charge on any atom is 0.0651 e. The van der Waals surface area contributed by atoms with Gasteiger partial charge in [0.25, 0.3) is 0 Å². The summed E-state index contributed by atoms with van der Waals surface area (Å²) in [5.74, 6) is 0.535. The summed E-state index contributed by atoms with van der Waals surface area (Å²) < 4.78 is 1.90. The smallest absolute Gasteiger partial charge is 0.0651 e. The second kappa shape index (κ2) is 4.83. The second-order valence-electron chi connectivity index (χ2n) is 4.17. The van der Waals surface area contributed by atoms with Gasteiger partial charge in [-0.1, -0.05) is 35.8 Å². The lowest BCUT2D eigenvalue weighted by molar-refractivity contribution is 0.842. The number of halogens is 1. The van der Waals surface area contributed by atoms with Crippen LogP contribution in [-0.2, 0) is 5.33 Å². The fraction of sp³-hybridized carbons (Fsp3) is 0.308. The molecule has 0 radical (unpaired) electrons. The van der Waals surface area contributed by atoms with Crippen LogP contribution in [0.1, 0.15) is 30.9 Å². The van der Waals surface area contributed by atoms with Crippen LogP contribution in [0.25, 0.3) is 5.69 Å². The zero-order valence-electron chi connectivity index (χ0n) is 9.52. The zero-order chi connectivity index (χ0) is 11.5. The molecule has 0 unspecified atom stereocenters. The number of aromatic nitrogens is 2. The highest BCUT2D eigenvalue weighted by Crippen LogP contribution is 2.21. The minimum Gasteiger partial charge on any atom is -0.241 e. The van der Waals surface area contributed by atoms with Gasteiger partial charge in [0.05, 0.1) is 5.69 Å². The van der Waals surface area contributed by atoms with E-state index in [1.807, 2.05) is 16.9 Å². The molecule has 0 bridgehead atoms. The van der Waals surface area contributed by atoms with Crippen LogP contribution >= 0.6 is 15.9 Å². The van der Waals surface area contributed by atoms with Gasteiger partial charge in [-0.2, -0.15) is 5.10 Å². The van der Waals surface area contributed by atoms with Crippen molar-refractivity contribution in [2.75, 3.05) is 0 Å². The third kappa shape index (κ3) is 2.35. The molecule has 0 saturated carbocycles. The highest BCUT2D eigenvalue weighted by molar-refractivity contribution is 9.08. The second-order valence-corrected chi connectivity index (χ2v) is 4.73. The van der Waals surface area contributed by atoms with Gasteiger partial charge in [-0.25, -0.2) is 4.68 Å². The van der Waals surface area contributed by atoms with Gasteiger partial charge < -0.3 is 0 Å². The van der Waals surface area contributed by atoms with E-state index in [9.17, 15) is 0 Å². The Hall–Kier alpha value is -1.09. The number of hydrogen-bond donors (Lipinski definition) is 0. The summed E-state index contributed by atoms with van der Waals surface area (Å²) in [6, 6.07) is 8.54. The molecule has 3 heteroatoms. The minimum atomic E-state index is 0.535. The lowest BCUT2D eigenvalue weighted by Gasteiger charge is -2.11. The fourth-order valence-electron chi connectivity index (χ4n) is 1.66. The molecule has 0 N–H and O–H groups in total. The van der Waals surface area contributed by atoms with Gasteiger partial charge in [-0.15, -0.1) is 0 Å². The molecule has 84 valence electrons. The summed E-state index contributed by atoms with van der Waals surface area (Å²) in [6.07, 6.45) is 3.77. The van der Waals surface area contributed by atoms with Crippen molar-refractivity contribution in [2.24, 2.45) is 0 Å². The number of nitrogens with zero attached hydrogens (tertiary/aromatic N) is 2. The van der Waals surface area contributed by atoms with E-state index in [4.69, 9.17) is 0 Å². The molecular formula is C13H15BrN2. The first kappa shape index (κ1) is 11.4. The quantitative estimate of drug-likeness (QED) is 0.779. The van der Waals surface area contributed by atoms with Crippen LogP contribution in [0, 0.1) is 0 Å². The topological polar surface area (TPSA) is 17.8 Å². The first-order valence-electron chi connectivity index (χ1n) is 5.40. The predicted octanol–water partition coefficient (Wildman–Crippen LogP) is 3.89. The third-order valence-electron chi connectivity index (χ3n) is 2.59. The van der Waals surface area contributed by atoms with Crippen molar-refractivity contribution in [3.8, 4) is 5.69 Å². The molecule has 2 aromatic rings. The Kier molecular flexibility index (Phi) is 3.44. The first-order valence-corrected chi connectivity index (χ1v) is 6.52. The molecule has 1 heterocycles. The summed E-state index contributed by atoms with van der Waals surface area (Å²) in [6.45, 7) is 4.42. The fourth-order valence-corrected chi connectivity index (χ4v) is 1.99. The van der Waals surface area contributed by atoms with Crippen LogP contribution in [0.15, 0.2) is 36.7 Å². The van der Waals surface area contributed by atoms with Crippen LogP contribution in [0.3, 0.4) is 0 Å². The highest BCUT2D eigenvalue weighted by atomic mass is 79.9. The molecule has 0 fully saturated rings. The SMILES string of the molecule is CC(C)c1cc(CBr)cc(-n2cccn2)c1. The third-order valence-corrected chi connectivity index (χ3v) is 3.24. The van der Waals surface area contributed by atoms with Crippen molar-refractivity contribution in [1.82, 2.24) is 9.78 Å². The molecule has 0 saturated heterocycles. The summed E-state index contributed by atoms with van der Waals surface area (Å²) in [5.41, 5.74) is 3.77. The van der Waals surface area contributed by atoms with Gasteiger partial charge in [0.2, 0.25) is 0 Å². The minimum absolute atomic E-state index is 0.535. The van der Waals surface area contributed by atoms with E-state index in [1.165, 1.54) is 11.1 Å². The molecule has 0 amide bonds. The highest BCUT2D eigenvalue weighted by Gasteiger charge is 2.05. The van der Waals surface area contributed by atoms with Gasteiger partial charge in [-0.3, -0.25) is 0 Å². The number of hydrogen-bond acceptors (Lipinski definition) is 1. The Bertz CT molecular complexity index is 461. The largest absolute Gasteiger partial charge is 0.241 e. The van der Waals surface area contributed by atoms with Crippen LogP contribution in [0.2, 0.25) is 0 Å². The van der Waals surface area contributed by atoms with Crippen molar-refractivity contribution in [2.45, 2.75) is 25.1 Å². The number of rotatable bonds is 3. The molecule has 0 aliphatic heterocycles.